The average Bonchev–Trinajstić information content (AvgIpc) is 2.72. The summed E-state index contributed by atoms with van der Waals surface area (Å²) in [6.45, 7) is 10.8. The summed E-state index contributed by atoms with van der Waals surface area (Å²) in [5, 5.41) is 2.94. The van der Waals surface area contributed by atoms with Crippen LogP contribution in [0.4, 0.5) is 5.69 Å². The number of piperazine rings is 1. The van der Waals surface area contributed by atoms with E-state index in [0.717, 1.165) is 24.2 Å². The van der Waals surface area contributed by atoms with E-state index in [1.54, 1.807) is 13.8 Å². The van der Waals surface area contributed by atoms with E-state index >= 15 is 0 Å². The van der Waals surface area contributed by atoms with Crippen LogP contribution in [-0.4, -0.2) is 42.9 Å². The van der Waals surface area contributed by atoms with E-state index in [-0.39, 0.29) is 11.8 Å². The van der Waals surface area contributed by atoms with Crippen LogP contribution >= 0.6 is 0 Å². The Balaban J connectivity index is 1.57. The molecule has 5 nitrogen and oxygen atoms in total. The highest BCUT2D eigenvalue weighted by Crippen LogP contribution is 2.23. The summed E-state index contributed by atoms with van der Waals surface area (Å²) in [4.78, 5) is 30.0. The Hall–Kier alpha value is -2.82. The number of nitrogens with one attached hydrogen (secondary N) is 1. The number of hydrogen-bond acceptors (Lipinski definition) is 3. The van der Waals surface area contributed by atoms with Gasteiger partial charge in [0.2, 0.25) is 11.8 Å². The Kier molecular flexibility index (Phi) is 6.26. The number of rotatable bonds is 5. The molecule has 0 aromatic heterocycles. The standard InChI is InChI=1S/C24H31N3O2/c1-18-8-7-11-21(16-18)26-12-14-27(15-13-26)23(29)24(3,4)22(28)25-17-20-10-6-5-9-19(20)2/h5-11,16H,12-15,17H2,1-4H3,(H,25,28). The third-order valence-corrected chi connectivity index (χ3v) is 5.74. The molecule has 0 bridgehead atoms. The van der Waals surface area contributed by atoms with Crippen molar-refractivity contribution in [1.82, 2.24) is 10.2 Å². The molecule has 29 heavy (non-hydrogen) atoms. The molecule has 2 aromatic carbocycles. The fourth-order valence-corrected chi connectivity index (χ4v) is 3.69. The first-order valence-electron chi connectivity index (χ1n) is 10.2. The molecule has 0 atom stereocenters. The van der Waals surface area contributed by atoms with E-state index in [1.165, 1.54) is 11.3 Å². The summed E-state index contributed by atoms with van der Waals surface area (Å²) >= 11 is 0. The lowest BCUT2D eigenvalue weighted by molar-refractivity contribution is -0.148. The second-order valence-corrected chi connectivity index (χ2v) is 8.35. The van der Waals surface area contributed by atoms with Gasteiger partial charge >= 0.3 is 0 Å². The number of aryl methyl sites for hydroxylation is 2. The molecule has 2 amide bonds. The molecule has 1 heterocycles. The van der Waals surface area contributed by atoms with Crippen molar-refractivity contribution < 1.29 is 9.59 Å². The van der Waals surface area contributed by atoms with E-state index in [4.69, 9.17) is 0 Å². The number of carbonyl (C=O) groups is 2. The lowest BCUT2D eigenvalue weighted by Crippen LogP contribution is -2.55. The second kappa shape index (κ2) is 8.68. The van der Waals surface area contributed by atoms with Gasteiger partial charge in [-0.05, 0) is 56.5 Å². The van der Waals surface area contributed by atoms with Crippen LogP contribution in [0, 0.1) is 19.3 Å². The van der Waals surface area contributed by atoms with Crippen molar-refractivity contribution in [3.05, 3.63) is 65.2 Å². The van der Waals surface area contributed by atoms with Crippen LogP contribution in [0.15, 0.2) is 48.5 Å². The minimum Gasteiger partial charge on any atom is -0.368 e. The van der Waals surface area contributed by atoms with E-state index in [9.17, 15) is 9.59 Å². The number of amides is 2. The van der Waals surface area contributed by atoms with Crippen molar-refractivity contribution >= 4 is 17.5 Å². The summed E-state index contributed by atoms with van der Waals surface area (Å²) < 4.78 is 0. The maximum atomic E-state index is 13.1. The molecule has 0 unspecified atom stereocenters. The van der Waals surface area contributed by atoms with Crippen molar-refractivity contribution in [1.29, 1.82) is 0 Å². The summed E-state index contributed by atoms with van der Waals surface area (Å²) in [6.07, 6.45) is 0. The summed E-state index contributed by atoms with van der Waals surface area (Å²) in [6, 6.07) is 16.4. The minimum atomic E-state index is -1.09. The van der Waals surface area contributed by atoms with Gasteiger partial charge in [-0.25, -0.2) is 0 Å². The minimum absolute atomic E-state index is 0.108. The van der Waals surface area contributed by atoms with Gasteiger partial charge in [0.1, 0.15) is 5.41 Å². The van der Waals surface area contributed by atoms with Crippen LogP contribution in [0.5, 0.6) is 0 Å². The van der Waals surface area contributed by atoms with Crippen molar-refractivity contribution in [2.45, 2.75) is 34.2 Å². The van der Waals surface area contributed by atoms with E-state index in [2.05, 4.69) is 41.4 Å². The van der Waals surface area contributed by atoms with Crippen molar-refractivity contribution in [2.75, 3.05) is 31.1 Å². The van der Waals surface area contributed by atoms with E-state index in [0.29, 0.717) is 19.6 Å². The first kappa shape index (κ1) is 20.9. The molecular weight excluding hydrogens is 362 g/mol. The fourth-order valence-electron chi connectivity index (χ4n) is 3.69. The molecule has 0 saturated carbocycles. The van der Waals surface area contributed by atoms with Gasteiger partial charge in [-0.1, -0.05) is 36.4 Å². The zero-order valence-corrected chi connectivity index (χ0v) is 17.9. The number of benzene rings is 2. The largest absolute Gasteiger partial charge is 0.368 e. The van der Waals surface area contributed by atoms with Crippen LogP contribution in [0.25, 0.3) is 0 Å². The molecule has 3 rings (SSSR count). The highest BCUT2D eigenvalue weighted by atomic mass is 16.2. The molecule has 0 aliphatic carbocycles. The Labute approximate surface area is 173 Å². The Morgan fingerprint density at radius 1 is 0.966 bits per heavy atom. The SMILES string of the molecule is Cc1cccc(N2CCN(C(=O)C(C)(C)C(=O)NCc3ccccc3C)CC2)c1. The lowest BCUT2D eigenvalue weighted by Gasteiger charge is -2.39. The van der Waals surface area contributed by atoms with Gasteiger partial charge in [0, 0.05) is 38.4 Å². The van der Waals surface area contributed by atoms with Gasteiger partial charge < -0.3 is 15.1 Å². The van der Waals surface area contributed by atoms with Gasteiger partial charge in [-0.15, -0.1) is 0 Å². The maximum absolute atomic E-state index is 13.1. The molecular formula is C24H31N3O2. The van der Waals surface area contributed by atoms with E-state index < -0.39 is 5.41 Å². The van der Waals surface area contributed by atoms with Gasteiger partial charge in [0.05, 0.1) is 0 Å². The third-order valence-electron chi connectivity index (χ3n) is 5.74. The highest BCUT2D eigenvalue weighted by Gasteiger charge is 2.39. The van der Waals surface area contributed by atoms with Crippen LogP contribution in [0.3, 0.4) is 0 Å². The maximum Gasteiger partial charge on any atom is 0.237 e. The quantitative estimate of drug-likeness (QED) is 0.793. The number of nitrogens with zero attached hydrogens (tertiary/aromatic N) is 2. The predicted molar refractivity (Wildman–Crippen MR) is 117 cm³/mol. The number of anilines is 1. The second-order valence-electron chi connectivity index (χ2n) is 8.35. The first-order valence-corrected chi connectivity index (χ1v) is 10.2. The molecule has 1 fully saturated rings. The van der Waals surface area contributed by atoms with Crippen molar-refractivity contribution in [3.63, 3.8) is 0 Å². The van der Waals surface area contributed by atoms with Crippen LogP contribution in [0.2, 0.25) is 0 Å². The van der Waals surface area contributed by atoms with Crippen LogP contribution < -0.4 is 10.2 Å². The van der Waals surface area contributed by atoms with E-state index in [1.807, 2.05) is 36.1 Å². The first-order chi connectivity index (χ1) is 13.8. The van der Waals surface area contributed by atoms with Gasteiger partial charge in [0.25, 0.3) is 0 Å². The molecule has 2 aromatic rings. The zero-order valence-electron chi connectivity index (χ0n) is 17.9. The smallest absolute Gasteiger partial charge is 0.237 e. The van der Waals surface area contributed by atoms with Crippen LogP contribution in [0.1, 0.15) is 30.5 Å². The normalized spacial score (nSPS) is 14.6. The Morgan fingerprint density at radius 3 is 2.31 bits per heavy atom. The van der Waals surface area contributed by atoms with Crippen molar-refractivity contribution in [3.8, 4) is 0 Å². The molecule has 154 valence electrons. The summed E-state index contributed by atoms with van der Waals surface area (Å²) in [5.74, 6) is -0.337. The molecule has 1 aliphatic heterocycles. The van der Waals surface area contributed by atoms with Gasteiger partial charge in [-0.3, -0.25) is 9.59 Å². The van der Waals surface area contributed by atoms with Gasteiger partial charge in [0.15, 0.2) is 0 Å². The lowest BCUT2D eigenvalue weighted by atomic mass is 9.89. The predicted octanol–water partition coefficient (Wildman–Crippen LogP) is 3.29. The monoisotopic (exact) mass is 393 g/mol. The molecule has 1 N–H and O–H groups in total. The summed E-state index contributed by atoms with van der Waals surface area (Å²) in [7, 11) is 0. The van der Waals surface area contributed by atoms with Gasteiger partial charge in [-0.2, -0.15) is 0 Å². The fraction of sp³-hybridized carbons (Fsp3) is 0.417. The number of carbonyl (C=O) groups excluding carboxylic acids is 2. The molecule has 0 radical (unpaired) electrons. The highest BCUT2D eigenvalue weighted by molar-refractivity contribution is 6.04. The number of hydrogen-bond donors (Lipinski definition) is 1. The molecule has 1 saturated heterocycles. The molecule has 1 aliphatic rings. The Bertz CT molecular complexity index is 883. The Morgan fingerprint density at radius 2 is 1.66 bits per heavy atom. The molecule has 0 spiro atoms. The summed E-state index contributed by atoms with van der Waals surface area (Å²) in [5.41, 5.74) is 3.52. The topological polar surface area (TPSA) is 52.7 Å². The molecule has 5 heteroatoms. The average molecular weight is 394 g/mol. The zero-order chi connectivity index (χ0) is 21.0. The van der Waals surface area contributed by atoms with Crippen LogP contribution in [-0.2, 0) is 16.1 Å². The third kappa shape index (κ3) is 4.78. The van der Waals surface area contributed by atoms with Crippen molar-refractivity contribution in [2.24, 2.45) is 5.41 Å².